The normalized spacial score (nSPS) is 22.0. The van der Waals surface area contributed by atoms with Gasteiger partial charge >= 0.3 is 5.97 Å². The van der Waals surface area contributed by atoms with Crippen molar-refractivity contribution in [1.82, 2.24) is 5.32 Å². The van der Waals surface area contributed by atoms with Crippen molar-refractivity contribution in [3.8, 4) is 0 Å². The summed E-state index contributed by atoms with van der Waals surface area (Å²) in [6, 6.07) is 7.52. The summed E-state index contributed by atoms with van der Waals surface area (Å²) in [5, 5.41) is 12.9. The van der Waals surface area contributed by atoms with Crippen LogP contribution in [0.15, 0.2) is 24.3 Å². The fraction of sp³-hybridized carbons (Fsp3) is 0.588. The molecule has 0 bridgehead atoms. The highest BCUT2D eigenvalue weighted by Crippen LogP contribution is 2.29. The molecule has 0 radical (unpaired) electrons. The molecule has 116 valence electrons. The van der Waals surface area contributed by atoms with Gasteiger partial charge in [-0.15, -0.1) is 0 Å². The SMILES string of the molecule is COC(=O)c1ccccc1CNCC1CCCCC1CO. The fourth-order valence-electron chi connectivity index (χ4n) is 3.17. The number of rotatable bonds is 6. The Balaban J connectivity index is 1.90. The summed E-state index contributed by atoms with van der Waals surface area (Å²) in [4.78, 5) is 11.7. The molecule has 2 N–H and O–H groups in total. The maximum absolute atomic E-state index is 11.7. The Hall–Kier alpha value is -1.39. The van der Waals surface area contributed by atoms with Crippen LogP contribution < -0.4 is 5.32 Å². The van der Waals surface area contributed by atoms with E-state index in [9.17, 15) is 9.90 Å². The Morgan fingerprint density at radius 3 is 2.71 bits per heavy atom. The third-order valence-corrected chi connectivity index (χ3v) is 4.45. The van der Waals surface area contributed by atoms with E-state index in [1.54, 1.807) is 6.07 Å². The molecule has 0 amide bonds. The summed E-state index contributed by atoms with van der Waals surface area (Å²) < 4.78 is 4.81. The van der Waals surface area contributed by atoms with E-state index >= 15 is 0 Å². The fourth-order valence-corrected chi connectivity index (χ4v) is 3.17. The maximum Gasteiger partial charge on any atom is 0.338 e. The Kier molecular flexibility index (Phi) is 6.21. The van der Waals surface area contributed by atoms with Gasteiger partial charge in [-0.25, -0.2) is 4.79 Å². The molecular weight excluding hydrogens is 266 g/mol. The van der Waals surface area contributed by atoms with Gasteiger partial charge in [-0.2, -0.15) is 0 Å². The Labute approximate surface area is 126 Å². The molecule has 1 aliphatic rings. The molecule has 4 nitrogen and oxygen atoms in total. The zero-order valence-electron chi connectivity index (χ0n) is 12.7. The smallest absolute Gasteiger partial charge is 0.338 e. The number of hydrogen-bond acceptors (Lipinski definition) is 4. The van der Waals surface area contributed by atoms with Gasteiger partial charge in [0.05, 0.1) is 12.7 Å². The zero-order chi connectivity index (χ0) is 15.1. The van der Waals surface area contributed by atoms with Gasteiger partial charge in [0.25, 0.3) is 0 Å². The summed E-state index contributed by atoms with van der Waals surface area (Å²) in [6.45, 7) is 1.83. The minimum Gasteiger partial charge on any atom is -0.465 e. The van der Waals surface area contributed by atoms with E-state index in [4.69, 9.17) is 4.74 Å². The van der Waals surface area contributed by atoms with Crippen molar-refractivity contribution in [1.29, 1.82) is 0 Å². The Morgan fingerprint density at radius 1 is 1.29 bits per heavy atom. The molecule has 0 saturated heterocycles. The first-order valence-electron chi connectivity index (χ1n) is 7.74. The summed E-state index contributed by atoms with van der Waals surface area (Å²) in [7, 11) is 1.40. The average Bonchev–Trinajstić information content (AvgIpc) is 2.55. The monoisotopic (exact) mass is 291 g/mol. The number of nitrogens with one attached hydrogen (secondary N) is 1. The molecule has 21 heavy (non-hydrogen) atoms. The van der Waals surface area contributed by atoms with Crippen LogP contribution in [0, 0.1) is 11.8 Å². The van der Waals surface area contributed by atoms with E-state index in [0.717, 1.165) is 18.5 Å². The minimum atomic E-state index is -0.293. The van der Waals surface area contributed by atoms with Gasteiger partial charge in [0.2, 0.25) is 0 Å². The first-order valence-corrected chi connectivity index (χ1v) is 7.74. The Bertz CT molecular complexity index is 461. The van der Waals surface area contributed by atoms with Crippen LogP contribution in [-0.2, 0) is 11.3 Å². The second-order valence-electron chi connectivity index (χ2n) is 5.77. The number of carbonyl (C=O) groups is 1. The quantitative estimate of drug-likeness (QED) is 0.790. The van der Waals surface area contributed by atoms with E-state index in [2.05, 4.69) is 5.32 Å². The summed E-state index contributed by atoms with van der Waals surface area (Å²) >= 11 is 0. The van der Waals surface area contributed by atoms with Gasteiger partial charge in [-0.1, -0.05) is 31.0 Å². The number of methoxy groups -OCH3 is 1. The van der Waals surface area contributed by atoms with E-state index in [1.807, 2.05) is 18.2 Å². The standard InChI is InChI=1S/C17H25NO3/c1-21-17(20)16-9-5-4-7-14(16)11-18-10-13-6-2-3-8-15(13)12-19/h4-5,7,9,13,15,18-19H,2-3,6,8,10-12H2,1H3. The first kappa shape index (κ1) is 16.0. The molecule has 1 saturated carbocycles. The minimum absolute atomic E-state index is 0.283. The van der Waals surface area contributed by atoms with Crippen molar-refractivity contribution in [2.45, 2.75) is 32.2 Å². The number of carbonyl (C=O) groups excluding carboxylic acids is 1. The van der Waals surface area contributed by atoms with Crippen LogP contribution in [0.4, 0.5) is 0 Å². The predicted octanol–water partition coefficient (Wildman–Crippen LogP) is 2.36. The molecule has 0 heterocycles. The highest BCUT2D eigenvalue weighted by atomic mass is 16.5. The van der Waals surface area contributed by atoms with Gasteiger partial charge in [0.1, 0.15) is 0 Å². The third-order valence-electron chi connectivity index (χ3n) is 4.45. The molecular formula is C17H25NO3. The number of esters is 1. The largest absolute Gasteiger partial charge is 0.465 e. The second kappa shape index (κ2) is 8.15. The molecule has 2 unspecified atom stereocenters. The topological polar surface area (TPSA) is 58.6 Å². The van der Waals surface area contributed by atoms with Crippen molar-refractivity contribution in [2.75, 3.05) is 20.3 Å². The predicted molar refractivity (Wildman–Crippen MR) is 82.0 cm³/mol. The first-order chi connectivity index (χ1) is 10.3. The lowest BCUT2D eigenvalue weighted by molar-refractivity contribution is 0.0599. The number of aliphatic hydroxyl groups excluding tert-OH is 1. The van der Waals surface area contributed by atoms with Crippen LogP contribution in [0.3, 0.4) is 0 Å². The average molecular weight is 291 g/mol. The van der Waals surface area contributed by atoms with Crippen molar-refractivity contribution < 1.29 is 14.6 Å². The zero-order valence-corrected chi connectivity index (χ0v) is 12.7. The molecule has 1 fully saturated rings. The molecule has 0 aromatic heterocycles. The molecule has 2 atom stereocenters. The van der Waals surface area contributed by atoms with Gasteiger partial charge in [-0.3, -0.25) is 0 Å². The second-order valence-corrected chi connectivity index (χ2v) is 5.77. The molecule has 0 aliphatic heterocycles. The van der Waals surface area contributed by atoms with Crippen LogP contribution in [-0.4, -0.2) is 31.3 Å². The number of benzene rings is 1. The molecule has 2 rings (SSSR count). The van der Waals surface area contributed by atoms with Crippen LogP contribution in [0.25, 0.3) is 0 Å². The summed E-state index contributed by atoms with van der Waals surface area (Å²) in [5.41, 5.74) is 1.58. The molecule has 1 aliphatic carbocycles. The van der Waals surface area contributed by atoms with Crippen LogP contribution in [0.2, 0.25) is 0 Å². The van der Waals surface area contributed by atoms with Gasteiger partial charge in [0.15, 0.2) is 0 Å². The number of ether oxygens (including phenoxy) is 1. The summed E-state index contributed by atoms with van der Waals surface area (Å²) in [5.74, 6) is 0.662. The van der Waals surface area contributed by atoms with Gasteiger partial charge in [-0.05, 0) is 42.9 Å². The van der Waals surface area contributed by atoms with Crippen molar-refractivity contribution in [2.24, 2.45) is 11.8 Å². The van der Waals surface area contributed by atoms with E-state index in [-0.39, 0.29) is 12.6 Å². The Morgan fingerprint density at radius 2 is 2.00 bits per heavy atom. The van der Waals surface area contributed by atoms with Crippen LogP contribution in [0.5, 0.6) is 0 Å². The maximum atomic E-state index is 11.7. The molecule has 1 aromatic carbocycles. The highest BCUT2D eigenvalue weighted by molar-refractivity contribution is 5.90. The lowest BCUT2D eigenvalue weighted by Gasteiger charge is -2.30. The van der Waals surface area contributed by atoms with Crippen molar-refractivity contribution >= 4 is 5.97 Å². The number of aliphatic hydroxyl groups is 1. The lowest BCUT2D eigenvalue weighted by Crippen LogP contribution is -2.32. The number of hydrogen-bond donors (Lipinski definition) is 2. The van der Waals surface area contributed by atoms with E-state index < -0.39 is 0 Å². The van der Waals surface area contributed by atoms with Crippen molar-refractivity contribution in [3.05, 3.63) is 35.4 Å². The van der Waals surface area contributed by atoms with Crippen LogP contribution in [0.1, 0.15) is 41.6 Å². The highest BCUT2D eigenvalue weighted by Gasteiger charge is 2.24. The van der Waals surface area contributed by atoms with E-state index in [0.29, 0.717) is 23.9 Å². The molecule has 0 spiro atoms. The lowest BCUT2D eigenvalue weighted by atomic mass is 9.79. The molecule has 1 aromatic rings. The summed E-state index contributed by atoms with van der Waals surface area (Å²) in [6.07, 6.45) is 4.78. The van der Waals surface area contributed by atoms with Gasteiger partial charge in [0, 0.05) is 13.2 Å². The van der Waals surface area contributed by atoms with Crippen molar-refractivity contribution in [3.63, 3.8) is 0 Å². The van der Waals surface area contributed by atoms with E-state index in [1.165, 1.54) is 26.4 Å². The van der Waals surface area contributed by atoms with Gasteiger partial charge < -0.3 is 15.2 Å². The third kappa shape index (κ3) is 4.29. The molecule has 4 heteroatoms. The van der Waals surface area contributed by atoms with Crippen LogP contribution >= 0.6 is 0 Å².